The zero-order valence-electron chi connectivity index (χ0n) is 7.06. The highest BCUT2D eigenvalue weighted by molar-refractivity contribution is 5.66. The van der Waals surface area contributed by atoms with E-state index in [1.807, 2.05) is 0 Å². The Morgan fingerprint density at radius 3 is 3.00 bits per heavy atom. The number of hydrogen-bond donors (Lipinski definition) is 2. The lowest BCUT2D eigenvalue weighted by Crippen LogP contribution is -2.25. The highest BCUT2D eigenvalue weighted by Gasteiger charge is 2.18. The molecule has 1 rings (SSSR count). The van der Waals surface area contributed by atoms with E-state index in [4.69, 9.17) is 10.5 Å². The summed E-state index contributed by atoms with van der Waals surface area (Å²) < 4.78 is 0.750. The number of diazo groups is 1. The second-order valence-corrected chi connectivity index (χ2v) is 2.26. The van der Waals surface area contributed by atoms with Crippen molar-refractivity contribution in [2.24, 2.45) is 5.10 Å². The molecule has 0 aromatic carbocycles. The summed E-state index contributed by atoms with van der Waals surface area (Å²) in [6, 6.07) is 0. The lowest BCUT2D eigenvalue weighted by molar-refractivity contribution is -0.491. The van der Waals surface area contributed by atoms with Gasteiger partial charge in [0.2, 0.25) is 0 Å². The largest absolute Gasteiger partial charge is 0.546 e. The summed E-state index contributed by atoms with van der Waals surface area (Å²) in [5, 5.41) is 30.7. The molecule has 1 heterocycles. The molecule has 0 aliphatic carbocycles. The molecule has 0 saturated heterocycles. The molecule has 1 aromatic rings. The maximum absolute atomic E-state index is 10.3. The first-order chi connectivity index (χ1) is 7.02. The molecule has 1 aromatic heterocycles. The quantitative estimate of drug-likeness (QED) is 0.368. The predicted octanol–water partition coefficient (Wildman–Crippen LogP) is -1.13. The fraction of sp³-hybridized carbons (Fsp3) is 0.250. The standard InChI is InChI=1S/C4H3N7O4/c5-7-3-6-4(9-11(14)15)10(8-3)1-2(12)13/h1H2,(H-,6,8,9,12,13)/p+1. The van der Waals surface area contributed by atoms with Gasteiger partial charge in [-0.3, -0.25) is 4.79 Å². The summed E-state index contributed by atoms with van der Waals surface area (Å²) in [5.41, 5.74) is -0.504. The molecule has 15 heavy (non-hydrogen) atoms. The Morgan fingerprint density at radius 2 is 2.53 bits per heavy atom. The average Bonchev–Trinajstić information content (AvgIpc) is 2.46. The van der Waals surface area contributed by atoms with E-state index in [-0.39, 0.29) is 5.95 Å². The van der Waals surface area contributed by atoms with Crippen LogP contribution in [0.2, 0.25) is 0 Å². The van der Waals surface area contributed by atoms with Gasteiger partial charge in [0, 0.05) is 0 Å². The molecule has 0 unspecified atom stereocenters. The van der Waals surface area contributed by atoms with Gasteiger partial charge in [-0.15, -0.1) is 0 Å². The Kier molecular flexibility index (Phi) is 2.72. The number of H-pyrrole nitrogens is 1. The summed E-state index contributed by atoms with van der Waals surface area (Å²) in [6.07, 6.45) is 0. The van der Waals surface area contributed by atoms with Crippen molar-refractivity contribution in [3.63, 3.8) is 0 Å². The third kappa shape index (κ3) is 2.59. The van der Waals surface area contributed by atoms with Crippen LogP contribution in [0.15, 0.2) is 5.10 Å². The molecular formula is C4H4N7O4+. The van der Waals surface area contributed by atoms with E-state index in [9.17, 15) is 14.9 Å². The molecule has 78 valence electrons. The molecule has 11 heteroatoms. The Morgan fingerprint density at radius 1 is 1.87 bits per heavy atom. The van der Waals surface area contributed by atoms with Crippen LogP contribution in [0.25, 0.3) is 4.98 Å². The van der Waals surface area contributed by atoms with Gasteiger partial charge in [0.05, 0.1) is 5.39 Å². The van der Waals surface area contributed by atoms with Crippen molar-refractivity contribution < 1.29 is 14.9 Å². The van der Waals surface area contributed by atoms with Crippen molar-refractivity contribution in [2.45, 2.75) is 6.54 Å². The molecule has 0 atom stereocenters. The number of carboxylic acid groups (broad SMARTS) is 1. The van der Waals surface area contributed by atoms with Gasteiger partial charge in [0.25, 0.3) is 0 Å². The summed E-state index contributed by atoms with van der Waals surface area (Å²) in [4.78, 5) is 26.3. The van der Waals surface area contributed by atoms with Crippen LogP contribution in [0.4, 0.5) is 5.95 Å². The van der Waals surface area contributed by atoms with Gasteiger partial charge in [-0.05, 0) is 9.96 Å². The number of nitrogens with zero attached hydrogens (tertiary/aromatic N) is 6. The number of rotatable bonds is 3. The average molecular weight is 214 g/mol. The molecule has 0 bridgehead atoms. The number of carboxylic acids is 1. The molecule has 0 aliphatic rings. The van der Waals surface area contributed by atoms with Crippen molar-refractivity contribution in [3.8, 4) is 0 Å². The van der Waals surface area contributed by atoms with Crippen LogP contribution in [0, 0.1) is 15.5 Å². The zero-order chi connectivity index (χ0) is 11.4. The SMILES string of the molecule is N#[N+]c1n/c(=N\[N+](=O)[O-])n(CC(=O)O)[nH]1. The van der Waals surface area contributed by atoms with Gasteiger partial charge >= 0.3 is 17.5 Å². The van der Waals surface area contributed by atoms with Crippen LogP contribution in [-0.2, 0) is 11.3 Å². The summed E-state index contributed by atoms with van der Waals surface area (Å²) in [5.74, 6) is -1.63. The topological polar surface area (TPSA) is 155 Å². The number of nitro groups is 1. The lowest BCUT2D eigenvalue weighted by atomic mass is 10.7. The van der Waals surface area contributed by atoms with E-state index in [1.165, 1.54) is 0 Å². The van der Waals surface area contributed by atoms with Gasteiger partial charge in [0.1, 0.15) is 5.10 Å². The molecule has 0 aliphatic heterocycles. The Balaban J connectivity index is 3.24. The van der Waals surface area contributed by atoms with Crippen molar-refractivity contribution in [1.29, 1.82) is 5.39 Å². The first-order valence-corrected chi connectivity index (χ1v) is 3.45. The minimum Gasteiger partial charge on any atom is -0.480 e. The number of nitrogens with one attached hydrogen (secondary N) is 1. The minimum atomic E-state index is -1.26. The van der Waals surface area contributed by atoms with E-state index >= 15 is 0 Å². The summed E-state index contributed by atoms with van der Waals surface area (Å²) in [7, 11) is 0. The van der Waals surface area contributed by atoms with Crippen molar-refractivity contribution in [3.05, 3.63) is 20.7 Å². The van der Waals surface area contributed by atoms with E-state index in [0.717, 1.165) is 4.68 Å². The monoisotopic (exact) mass is 214 g/mol. The smallest absolute Gasteiger partial charge is 0.480 e. The van der Waals surface area contributed by atoms with Gasteiger partial charge in [0.15, 0.2) is 11.6 Å². The number of carbonyl (C=O) groups is 1. The molecule has 0 radical (unpaired) electrons. The first kappa shape index (κ1) is 10.3. The number of hydrogen-bond acceptors (Lipinski definition) is 5. The van der Waals surface area contributed by atoms with Crippen LogP contribution >= 0.6 is 0 Å². The maximum atomic E-state index is 10.3. The Bertz CT molecular complexity index is 504. The van der Waals surface area contributed by atoms with Crippen LogP contribution < -0.4 is 5.62 Å². The second kappa shape index (κ2) is 3.96. The highest BCUT2D eigenvalue weighted by Crippen LogP contribution is 1.96. The Hall–Kier alpha value is -2.77. The molecule has 0 fully saturated rings. The Labute approximate surface area is 80.4 Å². The van der Waals surface area contributed by atoms with Crippen LogP contribution in [-0.4, -0.2) is 30.9 Å². The third-order valence-electron chi connectivity index (χ3n) is 1.24. The fourth-order valence-electron chi connectivity index (χ4n) is 0.790. The molecule has 0 saturated carbocycles. The van der Waals surface area contributed by atoms with Crippen molar-refractivity contribution in [1.82, 2.24) is 14.8 Å². The van der Waals surface area contributed by atoms with Gasteiger partial charge in [-0.25, -0.2) is 10.1 Å². The van der Waals surface area contributed by atoms with Crippen molar-refractivity contribution in [2.75, 3.05) is 0 Å². The number of aromatic amines is 1. The number of aromatic nitrogens is 3. The van der Waals surface area contributed by atoms with E-state index in [1.54, 1.807) is 0 Å². The number of aliphatic carboxylic acids is 1. The fourth-order valence-corrected chi connectivity index (χ4v) is 0.790. The summed E-state index contributed by atoms with van der Waals surface area (Å²) >= 11 is 0. The normalized spacial score (nSPS) is 11.0. The molecular weight excluding hydrogens is 210 g/mol. The minimum absolute atomic E-state index is 0.378. The van der Waals surface area contributed by atoms with Gasteiger partial charge in [-0.1, -0.05) is 0 Å². The van der Waals surface area contributed by atoms with E-state index < -0.39 is 23.2 Å². The molecule has 11 nitrogen and oxygen atoms in total. The summed E-state index contributed by atoms with van der Waals surface area (Å²) in [6.45, 7) is -0.616. The zero-order valence-corrected chi connectivity index (χ0v) is 7.06. The second-order valence-electron chi connectivity index (χ2n) is 2.26. The predicted molar refractivity (Wildman–Crippen MR) is 41.5 cm³/mol. The van der Waals surface area contributed by atoms with Crippen LogP contribution in [0.3, 0.4) is 0 Å². The lowest BCUT2D eigenvalue weighted by Gasteiger charge is -1.88. The van der Waals surface area contributed by atoms with Crippen LogP contribution in [0.5, 0.6) is 0 Å². The van der Waals surface area contributed by atoms with Crippen LogP contribution in [0.1, 0.15) is 0 Å². The highest BCUT2D eigenvalue weighted by atomic mass is 16.7. The van der Waals surface area contributed by atoms with Gasteiger partial charge < -0.3 is 5.11 Å². The van der Waals surface area contributed by atoms with Crippen molar-refractivity contribution >= 4 is 11.9 Å². The van der Waals surface area contributed by atoms with Gasteiger partial charge in [-0.2, -0.15) is 9.78 Å². The maximum Gasteiger partial charge on any atom is 0.546 e. The molecule has 0 spiro atoms. The van der Waals surface area contributed by atoms with E-state index in [0.29, 0.717) is 0 Å². The molecule has 2 N–H and O–H groups in total. The molecule has 0 amide bonds. The van der Waals surface area contributed by atoms with E-state index in [2.05, 4.69) is 20.2 Å². The first-order valence-electron chi connectivity index (χ1n) is 3.45. The third-order valence-corrected chi connectivity index (χ3v) is 1.24.